The maximum atomic E-state index is 12.8. The Morgan fingerprint density at radius 1 is 1.23 bits per heavy atom. The molecule has 2 amide bonds. The largest absolute Gasteiger partial charge is 0.384 e. The summed E-state index contributed by atoms with van der Waals surface area (Å²) in [5, 5.41) is 2.95. The molecule has 0 aliphatic carbocycles. The first-order valence-electron chi connectivity index (χ1n) is 10.4. The third kappa shape index (κ3) is 5.36. The van der Waals surface area contributed by atoms with Crippen molar-refractivity contribution in [2.24, 2.45) is 11.7 Å². The zero-order valence-electron chi connectivity index (χ0n) is 17.7. The third-order valence-electron chi connectivity index (χ3n) is 5.99. The van der Waals surface area contributed by atoms with Crippen LogP contribution in [0.4, 0.5) is 5.82 Å². The molecule has 0 radical (unpaired) electrons. The van der Waals surface area contributed by atoms with Gasteiger partial charge in [-0.3, -0.25) is 14.5 Å². The van der Waals surface area contributed by atoms with Gasteiger partial charge in [-0.2, -0.15) is 0 Å². The molecule has 1 saturated heterocycles. The Morgan fingerprint density at radius 2 is 1.97 bits per heavy atom. The van der Waals surface area contributed by atoms with Gasteiger partial charge in [-0.15, -0.1) is 0 Å². The summed E-state index contributed by atoms with van der Waals surface area (Å²) < 4.78 is 0. The molecule has 1 fully saturated rings. The molecule has 1 aromatic heterocycles. The Labute approximate surface area is 177 Å². The maximum Gasteiger partial charge on any atom is 0.237 e. The molecule has 160 valence electrons. The van der Waals surface area contributed by atoms with Gasteiger partial charge >= 0.3 is 0 Å². The summed E-state index contributed by atoms with van der Waals surface area (Å²) in [5.74, 6) is 0.303. The fourth-order valence-corrected chi connectivity index (χ4v) is 4.16. The lowest BCUT2D eigenvalue weighted by Gasteiger charge is -2.28. The Hall–Kier alpha value is -2.93. The quantitative estimate of drug-likeness (QED) is 0.615. The van der Waals surface area contributed by atoms with Crippen LogP contribution in [0.25, 0.3) is 0 Å². The summed E-state index contributed by atoms with van der Waals surface area (Å²) in [5.41, 5.74) is 14.3. The fourth-order valence-electron chi connectivity index (χ4n) is 4.16. The second-order valence-corrected chi connectivity index (χ2v) is 8.12. The number of benzene rings is 1. The van der Waals surface area contributed by atoms with Crippen LogP contribution in [0.1, 0.15) is 36.6 Å². The monoisotopic (exact) mass is 409 g/mol. The normalized spacial score (nSPS) is 20.1. The van der Waals surface area contributed by atoms with E-state index in [1.807, 2.05) is 43.0 Å². The Morgan fingerprint density at radius 3 is 2.63 bits per heavy atom. The van der Waals surface area contributed by atoms with Crippen molar-refractivity contribution in [1.29, 1.82) is 0 Å². The molecule has 2 aromatic rings. The predicted octanol–water partition coefficient (Wildman–Crippen LogP) is 1.79. The molecule has 2 unspecified atom stereocenters. The van der Waals surface area contributed by atoms with Crippen LogP contribution in [0.3, 0.4) is 0 Å². The average Bonchev–Trinajstić information content (AvgIpc) is 3.16. The summed E-state index contributed by atoms with van der Waals surface area (Å²) in [6.07, 6.45) is 2.62. The van der Waals surface area contributed by atoms with E-state index in [0.29, 0.717) is 31.2 Å². The molecule has 0 saturated carbocycles. The smallest absolute Gasteiger partial charge is 0.237 e. The van der Waals surface area contributed by atoms with Gasteiger partial charge in [0.2, 0.25) is 11.8 Å². The molecule has 5 N–H and O–H groups in total. The van der Waals surface area contributed by atoms with Crippen molar-refractivity contribution in [2.75, 3.05) is 12.3 Å². The number of hydrogen-bond acceptors (Lipinski definition) is 5. The van der Waals surface area contributed by atoms with E-state index in [0.717, 1.165) is 24.1 Å². The minimum Gasteiger partial charge on any atom is -0.384 e. The summed E-state index contributed by atoms with van der Waals surface area (Å²) in [7, 11) is 0. The van der Waals surface area contributed by atoms with E-state index in [1.54, 1.807) is 6.07 Å². The predicted molar refractivity (Wildman–Crippen MR) is 117 cm³/mol. The summed E-state index contributed by atoms with van der Waals surface area (Å²) in [4.78, 5) is 31.0. The van der Waals surface area contributed by atoms with Crippen molar-refractivity contribution in [2.45, 2.75) is 51.7 Å². The van der Waals surface area contributed by atoms with Gasteiger partial charge in [0.1, 0.15) is 5.82 Å². The molecule has 2 heterocycles. The number of hydrogen-bond donors (Lipinski definition) is 3. The van der Waals surface area contributed by atoms with Gasteiger partial charge in [-0.05, 0) is 56.2 Å². The van der Waals surface area contributed by atoms with Crippen LogP contribution < -0.4 is 16.8 Å². The lowest BCUT2D eigenvalue weighted by Crippen LogP contribution is -2.51. The van der Waals surface area contributed by atoms with E-state index < -0.39 is 12.1 Å². The molecule has 7 nitrogen and oxygen atoms in total. The van der Waals surface area contributed by atoms with E-state index in [4.69, 9.17) is 11.5 Å². The number of rotatable bonds is 8. The van der Waals surface area contributed by atoms with Gasteiger partial charge in [0.15, 0.2) is 0 Å². The van der Waals surface area contributed by atoms with Crippen LogP contribution in [0, 0.1) is 12.8 Å². The lowest BCUT2D eigenvalue weighted by molar-refractivity contribution is -0.129. The van der Waals surface area contributed by atoms with Gasteiger partial charge in [-0.1, -0.05) is 36.4 Å². The SMILES string of the molecule is Cc1nc(N)ccc1CNC(=O)[C@H](C)N1CC(CCc2ccccc2)CC1C(N)=O. The van der Waals surface area contributed by atoms with Gasteiger partial charge in [-0.25, -0.2) is 4.98 Å². The van der Waals surface area contributed by atoms with Gasteiger partial charge in [0.05, 0.1) is 12.1 Å². The first-order chi connectivity index (χ1) is 14.3. The highest BCUT2D eigenvalue weighted by molar-refractivity contribution is 5.84. The van der Waals surface area contributed by atoms with E-state index in [1.165, 1.54) is 5.56 Å². The van der Waals surface area contributed by atoms with E-state index >= 15 is 0 Å². The molecule has 7 heteroatoms. The molecule has 1 aliphatic rings. The standard InChI is InChI=1S/C23H31N5O2/c1-15-19(10-11-21(24)27-15)13-26-23(30)16(2)28-14-18(12-20(28)22(25)29)9-8-17-6-4-3-5-7-17/h3-7,10-11,16,18,20H,8-9,12-14H2,1-2H3,(H2,24,27)(H2,25,29)(H,26,30)/t16-,18?,20?/m0/s1. The van der Waals surface area contributed by atoms with Crippen molar-refractivity contribution in [1.82, 2.24) is 15.2 Å². The highest BCUT2D eigenvalue weighted by Crippen LogP contribution is 2.29. The molecule has 0 bridgehead atoms. The van der Waals surface area contributed by atoms with Crippen LogP contribution >= 0.6 is 0 Å². The van der Waals surface area contributed by atoms with Crippen molar-refractivity contribution in [3.8, 4) is 0 Å². The molecule has 3 rings (SSSR count). The highest BCUT2D eigenvalue weighted by Gasteiger charge is 2.39. The molecule has 1 aliphatic heterocycles. The first kappa shape index (κ1) is 21.8. The molecular formula is C23H31N5O2. The van der Waals surface area contributed by atoms with Crippen LogP contribution in [0.15, 0.2) is 42.5 Å². The number of nitrogens with zero attached hydrogens (tertiary/aromatic N) is 2. The van der Waals surface area contributed by atoms with Crippen LogP contribution in [0.5, 0.6) is 0 Å². The summed E-state index contributed by atoms with van der Waals surface area (Å²) in [6.45, 7) is 4.76. The summed E-state index contributed by atoms with van der Waals surface area (Å²) >= 11 is 0. The number of anilines is 1. The van der Waals surface area contributed by atoms with E-state index in [-0.39, 0.29) is 11.8 Å². The number of likely N-dealkylation sites (tertiary alicyclic amines) is 1. The number of primary amides is 1. The second kappa shape index (κ2) is 9.71. The van der Waals surface area contributed by atoms with Gasteiger partial charge in [0.25, 0.3) is 0 Å². The van der Waals surface area contributed by atoms with Crippen molar-refractivity contribution in [3.05, 3.63) is 59.3 Å². The highest BCUT2D eigenvalue weighted by atomic mass is 16.2. The van der Waals surface area contributed by atoms with Crippen LogP contribution in [-0.4, -0.2) is 40.3 Å². The molecule has 1 aromatic carbocycles. The van der Waals surface area contributed by atoms with Crippen molar-refractivity contribution in [3.63, 3.8) is 0 Å². The summed E-state index contributed by atoms with van der Waals surface area (Å²) in [6, 6.07) is 13.0. The van der Waals surface area contributed by atoms with Gasteiger partial charge in [0, 0.05) is 18.8 Å². The zero-order valence-corrected chi connectivity index (χ0v) is 17.7. The minimum absolute atomic E-state index is 0.124. The first-order valence-corrected chi connectivity index (χ1v) is 10.4. The molecule has 0 spiro atoms. The van der Waals surface area contributed by atoms with Crippen molar-refractivity contribution >= 4 is 17.6 Å². The second-order valence-electron chi connectivity index (χ2n) is 8.12. The number of nitrogen functional groups attached to an aromatic ring is 1. The Balaban J connectivity index is 1.58. The minimum atomic E-state index is -0.439. The van der Waals surface area contributed by atoms with Crippen molar-refractivity contribution < 1.29 is 9.59 Å². The van der Waals surface area contributed by atoms with E-state index in [9.17, 15) is 9.59 Å². The molecule has 3 atom stereocenters. The number of aryl methyl sites for hydroxylation is 2. The Kier molecular flexibility index (Phi) is 7.05. The zero-order chi connectivity index (χ0) is 21.7. The van der Waals surface area contributed by atoms with Gasteiger partial charge < -0.3 is 16.8 Å². The number of pyridine rings is 1. The van der Waals surface area contributed by atoms with Crippen LogP contribution in [-0.2, 0) is 22.6 Å². The number of nitrogens with one attached hydrogen (secondary N) is 1. The fraction of sp³-hybridized carbons (Fsp3) is 0.435. The number of amides is 2. The van der Waals surface area contributed by atoms with E-state index in [2.05, 4.69) is 22.4 Å². The maximum absolute atomic E-state index is 12.8. The molecule has 30 heavy (non-hydrogen) atoms. The number of carbonyl (C=O) groups is 2. The number of carbonyl (C=O) groups excluding carboxylic acids is 2. The number of aromatic nitrogens is 1. The Bertz CT molecular complexity index is 886. The lowest BCUT2D eigenvalue weighted by atomic mass is 9.97. The average molecular weight is 410 g/mol. The number of nitrogens with two attached hydrogens (primary N) is 2. The molecular weight excluding hydrogens is 378 g/mol. The van der Waals surface area contributed by atoms with Crippen LogP contribution in [0.2, 0.25) is 0 Å². The topological polar surface area (TPSA) is 114 Å². The third-order valence-corrected chi connectivity index (χ3v) is 5.99.